The number of aryl methyl sites for hydroxylation is 2. The van der Waals surface area contributed by atoms with Crippen molar-refractivity contribution in [2.24, 2.45) is 5.92 Å². The van der Waals surface area contributed by atoms with Crippen molar-refractivity contribution in [3.63, 3.8) is 0 Å². The molecule has 2 aromatic rings. The number of carbonyl (C=O) groups excluding carboxylic acids is 1. The number of pyridine rings is 1. The molecule has 0 saturated heterocycles. The van der Waals surface area contributed by atoms with E-state index in [1.807, 2.05) is 44.2 Å². The lowest BCUT2D eigenvalue weighted by Gasteiger charge is -2.12. The zero-order valence-electron chi connectivity index (χ0n) is 12.1. The maximum absolute atomic E-state index is 12.2. The van der Waals surface area contributed by atoms with Gasteiger partial charge in [-0.25, -0.2) is 0 Å². The molecule has 21 heavy (non-hydrogen) atoms. The highest BCUT2D eigenvalue weighted by Crippen LogP contribution is 2.18. The lowest BCUT2D eigenvalue weighted by molar-refractivity contribution is -0.118. The molecule has 1 amide bonds. The van der Waals surface area contributed by atoms with E-state index in [1.165, 1.54) is 0 Å². The maximum atomic E-state index is 12.2. The van der Waals surface area contributed by atoms with Gasteiger partial charge in [0, 0.05) is 18.1 Å². The van der Waals surface area contributed by atoms with Crippen molar-refractivity contribution < 1.29 is 4.79 Å². The van der Waals surface area contributed by atoms with Gasteiger partial charge in [0.05, 0.1) is 6.07 Å². The zero-order valence-corrected chi connectivity index (χ0v) is 12.1. The Morgan fingerprint density at radius 2 is 2.00 bits per heavy atom. The van der Waals surface area contributed by atoms with Crippen LogP contribution in [-0.4, -0.2) is 10.9 Å². The van der Waals surface area contributed by atoms with Gasteiger partial charge >= 0.3 is 0 Å². The lowest BCUT2D eigenvalue weighted by Crippen LogP contribution is -2.23. The summed E-state index contributed by atoms with van der Waals surface area (Å²) in [6.45, 7) is 3.94. The first-order valence-electron chi connectivity index (χ1n) is 6.77. The van der Waals surface area contributed by atoms with E-state index in [4.69, 9.17) is 0 Å². The molecule has 0 radical (unpaired) electrons. The third kappa shape index (κ3) is 3.90. The maximum Gasteiger partial charge on any atom is 0.242 e. The van der Waals surface area contributed by atoms with Crippen molar-refractivity contribution in [2.45, 2.75) is 20.3 Å². The molecule has 4 heteroatoms. The number of nitriles is 1. The van der Waals surface area contributed by atoms with E-state index in [0.29, 0.717) is 6.42 Å². The van der Waals surface area contributed by atoms with Gasteiger partial charge in [-0.1, -0.05) is 17.7 Å². The van der Waals surface area contributed by atoms with Crippen LogP contribution in [0, 0.1) is 31.1 Å². The predicted octanol–water partition coefficient (Wildman–Crippen LogP) is 3.02. The van der Waals surface area contributed by atoms with Gasteiger partial charge in [0.2, 0.25) is 5.91 Å². The lowest BCUT2D eigenvalue weighted by atomic mass is 10.0. The molecule has 1 aromatic carbocycles. The summed E-state index contributed by atoms with van der Waals surface area (Å²) in [7, 11) is 0. The Kier molecular flexibility index (Phi) is 4.68. The predicted molar refractivity (Wildman–Crippen MR) is 81.6 cm³/mol. The molecule has 0 aliphatic rings. The highest BCUT2D eigenvalue weighted by molar-refractivity contribution is 5.95. The average Bonchev–Trinajstić information content (AvgIpc) is 2.48. The summed E-state index contributed by atoms with van der Waals surface area (Å²) in [5.41, 5.74) is 3.80. The summed E-state index contributed by atoms with van der Waals surface area (Å²) in [4.78, 5) is 16.2. The van der Waals surface area contributed by atoms with Crippen LogP contribution in [0.3, 0.4) is 0 Å². The number of benzene rings is 1. The summed E-state index contributed by atoms with van der Waals surface area (Å²) >= 11 is 0. The fourth-order valence-electron chi connectivity index (χ4n) is 2.13. The fraction of sp³-hybridized carbons (Fsp3) is 0.235. The van der Waals surface area contributed by atoms with E-state index in [-0.39, 0.29) is 5.91 Å². The van der Waals surface area contributed by atoms with Gasteiger partial charge in [-0.05, 0) is 49.6 Å². The Bertz CT molecular complexity index is 674. The SMILES string of the molecule is Cc1ccc(NC(=O)[C@@H](C#N)Cc2ccncc2)c(C)c1. The van der Waals surface area contributed by atoms with Crippen LogP contribution in [-0.2, 0) is 11.2 Å². The molecule has 0 fully saturated rings. The van der Waals surface area contributed by atoms with Crippen LogP contribution in [0.15, 0.2) is 42.7 Å². The number of aromatic nitrogens is 1. The fourth-order valence-corrected chi connectivity index (χ4v) is 2.13. The van der Waals surface area contributed by atoms with Gasteiger partial charge < -0.3 is 5.32 Å². The quantitative estimate of drug-likeness (QED) is 0.935. The molecule has 4 nitrogen and oxygen atoms in total. The van der Waals surface area contributed by atoms with Crippen molar-refractivity contribution >= 4 is 11.6 Å². The summed E-state index contributed by atoms with van der Waals surface area (Å²) in [5, 5.41) is 12.1. The first kappa shape index (κ1) is 14.7. The highest BCUT2D eigenvalue weighted by Gasteiger charge is 2.19. The van der Waals surface area contributed by atoms with E-state index in [2.05, 4.69) is 16.4 Å². The molecular weight excluding hydrogens is 262 g/mol. The molecule has 1 aromatic heterocycles. The van der Waals surface area contributed by atoms with Crippen molar-refractivity contribution in [1.29, 1.82) is 5.26 Å². The van der Waals surface area contributed by atoms with Crippen LogP contribution < -0.4 is 5.32 Å². The second-order valence-electron chi connectivity index (χ2n) is 5.05. The van der Waals surface area contributed by atoms with Crippen LogP contribution in [0.1, 0.15) is 16.7 Å². The molecule has 0 spiro atoms. The molecule has 0 unspecified atom stereocenters. The van der Waals surface area contributed by atoms with Gasteiger partial charge in [-0.15, -0.1) is 0 Å². The number of rotatable bonds is 4. The summed E-state index contributed by atoms with van der Waals surface area (Å²) < 4.78 is 0. The molecule has 0 saturated carbocycles. The average molecular weight is 279 g/mol. The van der Waals surface area contributed by atoms with Crippen LogP contribution in [0.5, 0.6) is 0 Å². The summed E-state index contributed by atoms with van der Waals surface area (Å²) in [6, 6.07) is 11.5. The molecule has 1 N–H and O–H groups in total. The van der Waals surface area contributed by atoms with Crippen molar-refractivity contribution in [1.82, 2.24) is 4.98 Å². The third-order valence-corrected chi connectivity index (χ3v) is 3.30. The summed E-state index contributed by atoms with van der Waals surface area (Å²) in [6.07, 6.45) is 3.70. The number of amides is 1. The Labute approximate surface area is 124 Å². The highest BCUT2D eigenvalue weighted by atomic mass is 16.1. The van der Waals surface area contributed by atoms with Crippen molar-refractivity contribution in [3.8, 4) is 6.07 Å². The van der Waals surface area contributed by atoms with Crippen molar-refractivity contribution in [2.75, 3.05) is 5.32 Å². The first-order valence-corrected chi connectivity index (χ1v) is 6.77. The number of nitrogens with one attached hydrogen (secondary N) is 1. The standard InChI is InChI=1S/C17H17N3O/c1-12-3-4-16(13(2)9-12)20-17(21)15(11-18)10-14-5-7-19-8-6-14/h3-9,15H,10H2,1-2H3,(H,20,21)/t15-/m1/s1. The van der Waals surface area contributed by atoms with Gasteiger partial charge in [0.15, 0.2) is 0 Å². The van der Waals surface area contributed by atoms with E-state index < -0.39 is 5.92 Å². The van der Waals surface area contributed by atoms with Crippen molar-refractivity contribution in [3.05, 3.63) is 59.4 Å². The minimum Gasteiger partial charge on any atom is -0.325 e. The second kappa shape index (κ2) is 6.67. The second-order valence-corrected chi connectivity index (χ2v) is 5.05. The molecule has 0 bridgehead atoms. The van der Waals surface area contributed by atoms with Gasteiger partial charge in [0.25, 0.3) is 0 Å². The molecule has 0 aliphatic heterocycles. The van der Waals surface area contributed by atoms with E-state index in [0.717, 1.165) is 22.4 Å². The monoisotopic (exact) mass is 279 g/mol. The molecule has 1 heterocycles. The number of hydrogen-bond donors (Lipinski definition) is 1. The Morgan fingerprint density at radius 3 is 2.62 bits per heavy atom. The van der Waals surface area contributed by atoms with Gasteiger partial charge in [-0.2, -0.15) is 5.26 Å². The normalized spacial score (nSPS) is 11.5. The zero-order chi connectivity index (χ0) is 15.2. The van der Waals surface area contributed by atoms with E-state index >= 15 is 0 Å². The minimum absolute atomic E-state index is 0.277. The Hall–Kier alpha value is -2.67. The Morgan fingerprint density at radius 1 is 1.29 bits per heavy atom. The van der Waals surface area contributed by atoms with Gasteiger partial charge in [-0.3, -0.25) is 9.78 Å². The van der Waals surface area contributed by atoms with Crippen LogP contribution in [0.25, 0.3) is 0 Å². The topological polar surface area (TPSA) is 65.8 Å². The smallest absolute Gasteiger partial charge is 0.242 e. The molecular formula is C17H17N3O. The molecule has 2 rings (SSSR count). The minimum atomic E-state index is -0.715. The van der Waals surface area contributed by atoms with Crippen LogP contribution in [0.2, 0.25) is 0 Å². The number of hydrogen-bond acceptors (Lipinski definition) is 3. The number of nitrogens with zero attached hydrogens (tertiary/aromatic N) is 2. The first-order chi connectivity index (χ1) is 10.1. The van der Waals surface area contributed by atoms with E-state index in [9.17, 15) is 10.1 Å². The summed E-state index contributed by atoms with van der Waals surface area (Å²) in [5.74, 6) is -0.991. The van der Waals surface area contributed by atoms with E-state index in [1.54, 1.807) is 12.4 Å². The number of anilines is 1. The number of carbonyl (C=O) groups is 1. The van der Waals surface area contributed by atoms with Crippen LogP contribution >= 0.6 is 0 Å². The molecule has 0 aliphatic carbocycles. The Balaban J connectivity index is 2.09. The van der Waals surface area contributed by atoms with Gasteiger partial charge in [0.1, 0.15) is 5.92 Å². The third-order valence-electron chi connectivity index (χ3n) is 3.30. The largest absolute Gasteiger partial charge is 0.325 e. The van der Waals surface area contributed by atoms with Crippen LogP contribution in [0.4, 0.5) is 5.69 Å². The molecule has 106 valence electrons. The molecule has 1 atom stereocenters.